The SMILES string of the molecule is O=S(=O)(O)C(c1ccc(O)cc1)(c1ccc(Cl)cc1O)c1c(Cl)cc(Cl)cc1Cl. The third kappa shape index (κ3) is 3.77. The number of hydrogen-bond donors (Lipinski definition) is 3. The van der Waals surface area contributed by atoms with Gasteiger partial charge < -0.3 is 10.2 Å². The molecule has 0 aromatic heterocycles. The lowest BCUT2D eigenvalue weighted by atomic mass is 9.83. The van der Waals surface area contributed by atoms with Gasteiger partial charge in [0.2, 0.25) is 0 Å². The van der Waals surface area contributed by atoms with Gasteiger partial charge in [-0.2, -0.15) is 8.42 Å². The van der Waals surface area contributed by atoms with Gasteiger partial charge in [-0.1, -0.05) is 64.6 Å². The van der Waals surface area contributed by atoms with Crippen molar-refractivity contribution in [1.82, 2.24) is 0 Å². The van der Waals surface area contributed by atoms with Gasteiger partial charge in [-0.3, -0.25) is 4.55 Å². The summed E-state index contributed by atoms with van der Waals surface area (Å²) in [7, 11) is -5.09. The molecule has 0 radical (unpaired) electrons. The lowest BCUT2D eigenvalue weighted by Crippen LogP contribution is -2.39. The summed E-state index contributed by atoms with van der Waals surface area (Å²) >= 11 is 24.6. The van der Waals surface area contributed by atoms with Crippen molar-refractivity contribution in [2.45, 2.75) is 4.75 Å². The van der Waals surface area contributed by atoms with Crippen molar-refractivity contribution in [2.24, 2.45) is 0 Å². The highest BCUT2D eigenvalue weighted by molar-refractivity contribution is 7.87. The molecule has 0 aliphatic carbocycles. The van der Waals surface area contributed by atoms with Crippen molar-refractivity contribution in [2.75, 3.05) is 0 Å². The van der Waals surface area contributed by atoms with Crippen molar-refractivity contribution in [1.29, 1.82) is 0 Å². The molecule has 3 N–H and O–H groups in total. The van der Waals surface area contributed by atoms with Gasteiger partial charge >= 0.3 is 0 Å². The van der Waals surface area contributed by atoms with E-state index in [1.54, 1.807) is 0 Å². The van der Waals surface area contributed by atoms with Crippen molar-refractivity contribution in [3.63, 3.8) is 0 Å². The summed E-state index contributed by atoms with van der Waals surface area (Å²) in [6.45, 7) is 0. The topological polar surface area (TPSA) is 94.8 Å². The summed E-state index contributed by atoms with van der Waals surface area (Å²) < 4.78 is 34.0. The van der Waals surface area contributed by atoms with Crippen LogP contribution < -0.4 is 0 Å². The number of halogens is 4. The smallest absolute Gasteiger partial charge is 0.283 e. The number of phenols is 2. The second kappa shape index (κ2) is 7.87. The minimum atomic E-state index is -5.09. The van der Waals surface area contributed by atoms with E-state index in [9.17, 15) is 23.2 Å². The Morgan fingerprint density at radius 1 is 0.759 bits per heavy atom. The van der Waals surface area contributed by atoms with Crippen molar-refractivity contribution >= 4 is 56.5 Å². The number of benzene rings is 3. The van der Waals surface area contributed by atoms with Crippen molar-refractivity contribution < 1.29 is 23.2 Å². The van der Waals surface area contributed by atoms with Crippen LogP contribution in [-0.2, 0) is 14.9 Å². The molecule has 3 aromatic carbocycles. The molecule has 0 aliphatic rings. The van der Waals surface area contributed by atoms with Gasteiger partial charge in [0.05, 0.1) is 0 Å². The highest BCUT2D eigenvalue weighted by atomic mass is 35.5. The molecule has 29 heavy (non-hydrogen) atoms. The Bertz CT molecular complexity index is 1170. The lowest BCUT2D eigenvalue weighted by molar-refractivity contribution is 0.440. The van der Waals surface area contributed by atoms with Crippen molar-refractivity contribution in [3.8, 4) is 11.5 Å². The lowest BCUT2D eigenvalue weighted by Gasteiger charge is -2.34. The molecule has 1 atom stereocenters. The molecule has 0 heterocycles. The summed E-state index contributed by atoms with van der Waals surface area (Å²) in [4.78, 5) is 0. The van der Waals surface area contributed by atoms with E-state index >= 15 is 0 Å². The predicted molar refractivity (Wildman–Crippen MR) is 114 cm³/mol. The molecule has 10 heteroatoms. The van der Waals surface area contributed by atoms with Crippen LogP contribution in [0.3, 0.4) is 0 Å². The van der Waals surface area contributed by atoms with Gasteiger partial charge in [0.1, 0.15) is 11.5 Å². The van der Waals surface area contributed by atoms with E-state index in [4.69, 9.17) is 46.4 Å². The maximum Gasteiger partial charge on any atom is 0.283 e. The maximum absolute atomic E-state index is 13.0. The summed E-state index contributed by atoms with van der Waals surface area (Å²) in [5.41, 5.74) is -0.515. The van der Waals surface area contributed by atoms with Crippen LogP contribution in [0.1, 0.15) is 16.7 Å². The van der Waals surface area contributed by atoms with Gasteiger partial charge in [0.15, 0.2) is 4.75 Å². The van der Waals surface area contributed by atoms with Crippen LogP contribution in [0.4, 0.5) is 0 Å². The van der Waals surface area contributed by atoms with E-state index < -0.39 is 20.6 Å². The predicted octanol–water partition coefficient (Wildman–Crippen LogP) is 5.89. The normalized spacial score (nSPS) is 13.8. The second-order valence-electron chi connectivity index (χ2n) is 6.11. The van der Waals surface area contributed by atoms with Crippen molar-refractivity contribution in [3.05, 3.63) is 91.4 Å². The number of aromatic hydroxyl groups is 2. The fourth-order valence-electron chi connectivity index (χ4n) is 3.23. The first-order chi connectivity index (χ1) is 13.5. The summed E-state index contributed by atoms with van der Waals surface area (Å²) in [5, 5.41) is 20.2. The third-order valence-corrected chi connectivity index (χ3v) is 6.84. The first-order valence-electron chi connectivity index (χ1n) is 7.89. The quantitative estimate of drug-likeness (QED) is 0.311. The van der Waals surface area contributed by atoms with E-state index in [0.717, 1.165) is 6.07 Å². The molecule has 0 saturated carbocycles. The zero-order valence-corrected chi connectivity index (χ0v) is 18.1. The molecule has 0 spiro atoms. The Morgan fingerprint density at radius 2 is 1.31 bits per heavy atom. The van der Waals surface area contributed by atoms with E-state index in [1.165, 1.54) is 48.5 Å². The van der Waals surface area contributed by atoms with E-state index in [1.807, 2.05) is 0 Å². The standard InChI is InChI=1S/C19H12Cl4O5S/c20-11-3-6-14(17(25)9-11)19(29(26,27)28,10-1-4-13(24)5-2-10)18-15(22)7-12(21)8-16(18)23/h1-9,24-25H,(H,26,27,28). The minimum absolute atomic E-state index is 0.0402. The van der Waals surface area contributed by atoms with E-state index in [0.29, 0.717) is 0 Å². The van der Waals surface area contributed by atoms with E-state index in [-0.39, 0.29) is 42.5 Å². The largest absolute Gasteiger partial charge is 0.508 e. The number of rotatable bonds is 4. The van der Waals surface area contributed by atoms with Crippen LogP contribution in [0.15, 0.2) is 54.6 Å². The summed E-state index contributed by atoms with van der Waals surface area (Å²) in [5.74, 6) is -0.670. The molecule has 0 aliphatic heterocycles. The van der Waals surface area contributed by atoms with Crippen LogP contribution in [-0.4, -0.2) is 23.2 Å². The highest BCUT2D eigenvalue weighted by Crippen LogP contribution is 2.52. The van der Waals surface area contributed by atoms with Crippen LogP contribution in [0.2, 0.25) is 20.1 Å². The Kier molecular flexibility index (Phi) is 5.98. The molecule has 0 bridgehead atoms. The molecule has 152 valence electrons. The molecular weight excluding hydrogens is 482 g/mol. The third-order valence-electron chi connectivity index (χ3n) is 4.36. The number of hydrogen-bond acceptors (Lipinski definition) is 4. The molecule has 0 amide bonds. The van der Waals surface area contributed by atoms with Crippen LogP contribution in [0.5, 0.6) is 11.5 Å². The zero-order chi connectivity index (χ0) is 21.6. The summed E-state index contributed by atoms with van der Waals surface area (Å²) in [6.07, 6.45) is 0. The van der Waals surface area contributed by atoms with Gasteiger partial charge in [-0.05, 0) is 42.0 Å². The molecule has 0 fully saturated rings. The maximum atomic E-state index is 13.0. The average molecular weight is 494 g/mol. The van der Waals surface area contributed by atoms with Crippen LogP contribution in [0, 0.1) is 0 Å². The first kappa shape index (κ1) is 22.0. The Hall–Kier alpha value is -1.67. The van der Waals surface area contributed by atoms with Gasteiger partial charge in [-0.25, -0.2) is 0 Å². The van der Waals surface area contributed by atoms with Gasteiger partial charge in [-0.15, -0.1) is 0 Å². The second-order valence-corrected chi connectivity index (χ2v) is 9.36. The Balaban J connectivity index is 2.61. The molecule has 3 aromatic rings. The average Bonchev–Trinajstić information content (AvgIpc) is 2.58. The molecule has 0 saturated heterocycles. The molecule has 3 rings (SSSR count). The first-order valence-corrected chi connectivity index (χ1v) is 10.8. The van der Waals surface area contributed by atoms with Crippen LogP contribution in [0.25, 0.3) is 0 Å². The number of phenolic OH excluding ortho intramolecular Hbond substituents is 2. The molecule has 5 nitrogen and oxygen atoms in total. The molecular formula is C19H12Cl4O5S. The Morgan fingerprint density at radius 3 is 1.79 bits per heavy atom. The minimum Gasteiger partial charge on any atom is -0.508 e. The zero-order valence-electron chi connectivity index (χ0n) is 14.3. The highest BCUT2D eigenvalue weighted by Gasteiger charge is 2.52. The Labute approximate surface area is 186 Å². The van der Waals surface area contributed by atoms with E-state index in [2.05, 4.69) is 0 Å². The fraction of sp³-hybridized carbons (Fsp3) is 0.0526. The van der Waals surface area contributed by atoms with Gasteiger partial charge in [0.25, 0.3) is 10.1 Å². The van der Waals surface area contributed by atoms with Crippen LogP contribution >= 0.6 is 46.4 Å². The summed E-state index contributed by atoms with van der Waals surface area (Å²) in [6, 6.07) is 11.2. The molecule has 1 unspecified atom stereocenters. The monoisotopic (exact) mass is 492 g/mol. The fourth-order valence-corrected chi connectivity index (χ4v) is 5.97. The van der Waals surface area contributed by atoms with Gasteiger partial charge in [0, 0.05) is 31.2 Å².